The Morgan fingerprint density at radius 2 is 2.23 bits per heavy atom. The first kappa shape index (κ1) is 15.5. The molecule has 0 aromatic carbocycles. The highest BCUT2D eigenvalue weighted by Crippen LogP contribution is 2.34. The fraction of sp³-hybridized carbons (Fsp3) is 0.750. The molecule has 0 aliphatic carbocycles. The number of nitrogens with zero attached hydrogens (tertiary/aromatic N) is 3. The minimum atomic E-state index is 0.146. The predicted octanol–water partition coefficient (Wildman–Crippen LogP) is 0.641. The third kappa shape index (κ3) is 3.33. The molecule has 2 saturated heterocycles. The Kier molecular flexibility index (Phi) is 4.78. The highest BCUT2D eigenvalue weighted by molar-refractivity contribution is 5.79. The topological polar surface area (TPSA) is 59.4 Å². The van der Waals surface area contributed by atoms with Crippen LogP contribution >= 0.6 is 0 Å². The summed E-state index contributed by atoms with van der Waals surface area (Å²) in [5.41, 5.74) is 1.24. The number of methoxy groups -OCH3 is 1. The monoisotopic (exact) mass is 306 g/mol. The summed E-state index contributed by atoms with van der Waals surface area (Å²) in [6, 6.07) is 0. The lowest BCUT2D eigenvalue weighted by Crippen LogP contribution is -2.49. The van der Waals surface area contributed by atoms with E-state index in [1.54, 1.807) is 7.11 Å². The van der Waals surface area contributed by atoms with E-state index in [4.69, 9.17) is 4.74 Å². The highest BCUT2D eigenvalue weighted by atomic mass is 16.5. The van der Waals surface area contributed by atoms with Crippen LogP contribution in [-0.2, 0) is 23.1 Å². The van der Waals surface area contributed by atoms with E-state index in [-0.39, 0.29) is 11.8 Å². The fourth-order valence-corrected chi connectivity index (χ4v) is 3.95. The molecule has 2 aliphatic heterocycles. The first-order valence-corrected chi connectivity index (χ1v) is 8.14. The molecule has 1 amide bonds. The van der Waals surface area contributed by atoms with Crippen LogP contribution in [-0.4, -0.2) is 53.9 Å². The van der Waals surface area contributed by atoms with Crippen LogP contribution in [0.15, 0.2) is 12.4 Å². The van der Waals surface area contributed by atoms with Gasteiger partial charge in [0, 0.05) is 50.8 Å². The van der Waals surface area contributed by atoms with Crippen molar-refractivity contribution in [2.75, 3.05) is 33.4 Å². The Balaban J connectivity index is 1.65. The number of ether oxygens (including phenoxy) is 1. The molecule has 6 heteroatoms. The normalized spacial score (nSPS) is 29.7. The number of nitrogens with one attached hydrogen (secondary N) is 1. The van der Waals surface area contributed by atoms with Crippen LogP contribution in [0.3, 0.4) is 0 Å². The van der Waals surface area contributed by atoms with Gasteiger partial charge in [-0.3, -0.25) is 14.4 Å². The lowest BCUT2D eigenvalue weighted by Gasteiger charge is -2.36. The second-order valence-electron chi connectivity index (χ2n) is 6.61. The molecule has 0 saturated carbocycles. The van der Waals surface area contributed by atoms with Crippen LogP contribution < -0.4 is 5.32 Å². The van der Waals surface area contributed by atoms with Gasteiger partial charge in [0.15, 0.2) is 0 Å². The number of rotatable bonds is 4. The van der Waals surface area contributed by atoms with Gasteiger partial charge < -0.3 is 10.1 Å². The maximum atomic E-state index is 12.2. The van der Waals surface area contributed by atoms with Crippen LogP contribution in [0.1, 0.15) is 18.4 Å². The van der Waals surface area contributed by atoms with Crippen molar-refractivity contribution in [1.29, 1.82) is 0 Å². The van der Waals surface area contributed by atoms with Gasteiger partial charge in [-0.2, -0.15) is 5.10 Å². The summed E-state index contributed by atoms with van der Waals surface area (Å²) in [5, 5.41) is 7.30. The number of aryl methyl sites for hydroxylation is 1. The zero-order valence-electron chi connectivity index (χ0n) is 13.5. The molecule has 22 heavy (non-hydrogen) atoms. The minimum absolute atomic E-state index is 0.146. The average molecular weight is 306 g/mol. The predicted molar refractivity (Wildman–Crippen MR) is 83.1 cm³/mol. The van der Waals surface area contributed by atoms with Gasteiger partial charge in [0.25, 0.3) is 0 Å². The van der Waals surface area contributed by atoms with E-state index >= 15 is 0 Å². The van der Waals surface area contributed by atoms with Crippen LogP contribution in [0.2, 0.25) is 0 Å². The highest BCUT2D eigenvalue weighted by Gasteiger charge is 2.39. The number of piperidine rings is 1. The Morgan fingerprint density at radius 1 is 1.41 bits per heavy atom. The Hall–Kier alpha value is -1.40. The van der Waals surface area contributed by atoms with Gasteiger partial charge in [-0.15, -0.1) is 0 Å². The van der Waals surface area contributed by atoms with Crippen molar-refractivity contribution in [2.24, 2.45) is 24.8 Å². The second kappa shape index (κ2) is 6.79. The molecule has 1 N–H and O–H groups in total. The second-order valence-corrected chi connectivity index (χ2v) is 6.61. The van der Waals surface area contributed by atoms with Crippen LogP contribution in [0.5, 0.6) is 0 Å². The van der Waals surface area contributed by atoms with Gasteiger partial charge in [-0.05, 0) is 31.8 Å². The fourth-order valence-electron chi connectivity index (χ4n) is 3.95. The molecule has 2 aliphatic rings. The van der Waals surface area contributed by atoms with Crippen molar-refractivity contribution < 1.29 is 9.53 Å². The van der Waals surface area contributed by atoms with Gasteiger partial charge in [-0.25, -0.2) is 0 Å². The molecular weight excluding hydrogens is 280 g/mol. The molecule has 0 unspecified atom stereocenters. The molecule has 1 aromatic heterocycles. The zero-order valence-corrected chi connectivity index (χ0v) is 13.5. The van der Waals surface area contributed by atoms with Crippen LogP contribution in [0, 0.1) is 17.8 Å². The maximum absolute atomic E-state index is 12.2. The van der Waals surface area contributed by atoms with E-state index in [2.05, 4.69) is 21.5 Å². The number of likely N-dealkylation sites (tertiary alicyclic amines) is 1. The molecule has 3 atom stereocenters. The molecule has 1 aromatic rings. The van der Waals surface area contributed by atoms with E-state index in [1.807, 2.05) is 17.9 Å². The third-order valence-electron chi connectivity index (χ3n) is 5.08. The Morgan fingerprint density at radius 3 is 2.95 bits per heavy atom. The summed E-state index contributed by atoms with van der Waals surface area (Å²) >= 11 is 0. The maximum Gasteiger partial charge on any atom is 0.223 e. The standard InChI is InChI=1S/C16H26N4O2/c1-19-9-12(7-18-19)10-20-5-3-14-13(11-22-2)8-17-16(21)15(14)4-6-20/h7,9,13-15H,3-6,8,10-11H2,1-2H3,(H,17,21)/t13-,14-,15-/m1/s1. The van der Waals surface area contributed by atoms with E-state index in [0.29, 0.717) is 11.8 Å². The van der Waals surface area contributed by atoms with E-state index in [9.17, 15) is 4.79 Å². The molecule has 6 nitrogen and oxygen atoms in total. The van der Waals surface area contributed by atoms with Crippen molar-refractivity contribution in [2.45, 2.75) is 19.4 Å². The van der Waals surface area contributed by atoms with Crippen molar-refractivity contribution in [1.82, 2.24) is 20.0 Å². The van der Waals surface area contributed by atoms with Gasteiger partial charge in [0.05, 0.1) is 12.8 Å². The van der Waals surface area contributed by atoms with Crippen molar-refractivity contribution in [3.8, 4) is 0 Å². The molecular formula is C16H26N4O2. The van der Waals surface area contributed by atoms with Gasteiger partial charge in [-0.1, -0.05) is 0 Å². The number of hydrogen-bond donors (Lipinski definition) is 1. The molecule has 0 radical (unpaired) electrons. The smallest absolute Gasteiger partial charge is 0.223 e. The largest absolute Gasteiger partial charge is 0.384 e. The van der Waals surface area contributed by atoms with Gasteiger partial charge >= 0.3 is 0 Å². The number of amides is 1. The summed E-state index contributed by atoms with van der Waals surface area (Å²) < 4.78 is 7.20. The Labute approximate surface area is 131 Å². The average Bonchev–Trinajstić information content (AvgIpc) is 2.78. The number of aromatic nitrogens is 2. The quantitative estimate of drug-likeness (QED) is 0.887. The lowest BCUT2D eigenvalue weighted by molar-refractivity contribution is -0.131. The number of carbonyl (C=O) groups is 1. The summed E-state index contributed by atoms with van der Waals surface area (Å²) in [7, 11) is 3.69. The molecule has 0 bridgehead atoms. The van der Waals surface area contributed by atoms with Crippen LogP contribution in [0.4, 0.5) is 0 Å². The van der Waals surface area contributed by atoms with E-state index < -0.39 is 0 Å². The SMILES string of the molecule is COC[C@H]1CNC(=O)[C@@H]2CCN(Cc3cnn(C)c3)CC[C@H]12. The number of fused-ring (bicyclic) bond motifs is 1. The molecule has 3 rings (SSSR count). The van der Waals surface area contributed by atoms with Crippen molar-refractivity contribution >= 4 is 5.91 Å². The molecule has 122 valence electrons. The summed E-state index contributed by atoms with van der Waals surface area (Å²) in [5.74, 6) is 1.28. The lowest BCUT2D eigenvalue weighted by atomic mass is 9.75. The van der Waals surface area contributed by atoms with Crippen molar-refractivity contribution in [3.05, 3.63) is 18.0 Å². The first-order valence-electron chi connectivity index (χ1n) is 8.14. The van der Waals surface area contributed by atoms with Gasteiger partial charge in [0.2, 0.25) is 5.91 Å². The third-order valence-corrected chi connectivity index (χ3v) is 5.08. The summed E-state index contributed by atoms with van der Waals surface area (Å²) in [6.45, 7) is 4.44. The number of carbonyl (C=O) groups excluding carboxylic acids is 1. The molecule has 0 spiro atoms. The minimum Gasteiger partial charge on any atom is -0.384 e. The van der Waals surface area contributed by atoms with Crippen LogP contribution in [0.25, 0.3) is 0 Å². The Bertz CT molecular complexity index is 516. The van der Waals surface area contributed by atoms with E-state index in [1.165, 1.54) is 5.56 Å². The molecule has 3 heterocycles. The van der Waals surface area contributed by atoms with E-state index in [0.717, 1.165) is 45.6 Å². The number of hydrogen-bond acceptors (Lipinski definition) is 4. The summed E-state index contributed by atoms with van der Waals surface area (Å²) in [4.78, 5) is 14.7. The van der Waals surface area contributed by atoms with Gasteiger partial charge in [0.1, 0.15) is 0 Å². The molecule has 2 fully saturated rings. The van der Waals surface area contributed by atoms with Crippen molar-refractivity contribution in [3.63, 3.8) is 0 Å². The zero-order chi connectivity index (χ0) is 15.5. The first-order chi connectivity index (χ1) is 10.7. The summed E-state index contributed by atoms with van der Waals surface area (Å²) in [6.07, 6.45) is 6.01.